The van der Waals surface area contributed by atoms with Crippen LogP contribution >= 0.6 is 22.6 Å². The molecular weight excluding hydrogens is 239 g/mol. The Balaban J connectivity index is 2.17. The van der Waals surface area contributed by atoms with Gasteiger partial charge in [0.1, 0.15) is 0 Å². The molecule has 3 heteroatoms. The van der Waals surface area contributed by atoms with Gasteiger partial charge in [0, 0.05) is 19.1 Å². The zero-order valence-electron chi connectivity index (χ0n) is 6.44. The Hall–Kier alpha value is 0.650. The molecule has 0 aromatic carbocycles. The third-order valence-corrected chi connectivity index (χ3v) is 3.13. The van der Waals surface area contributed by atoms with Gasteiger partial charge in [-0.2, -0.15) is 0 Å². The van der Waals surface area contributed by atoms with Crippen molar-refractivity contribution in [2.24, 2.45) is 0 Å². The summed E-state index contributed by atoms with van der Waals surface area (Å²) in [5.41, 5.74) is 0. The Morgan fingerprint density at radius 3 is 2.50 bits per heavy atom. The van der Waals surface area contributed by atoms with E-state index in [0.717, 1.165) is 6.04 Å². The molecular formula is C7H15IN2. The van der Waals surface area contributed by atoms with Crippen molar-refractivity contribution in [1.82, 2.24) is 10.2 Å². The third kappa shape index (κ3) is 2.36. The molecule has 0 aromatic heterocycles. The molecule has 0 bridgehead atoms. The van der Waals surface area contributed by atoms with E-state index in [9.17, 15) is 0 Å². The fourth-order valence-electron chi connectivity index (χ4n) is 1.34. The lowest BCUT2D eigenvalue weighted by atomic mass is 10.1. The van der Waals surface area contributed by atoms with E-state index < -0.39 is 0 Å². The summed E-state index contributed by atoms with van der Waals surface area (Å²) in [6.45, 7) is 2.54. The molecule has 0 spiro atoms. The van der Waals surface area contributed by atoms with Gasteiger partial charge in [0.25, 0.3) is 0 Å². The van der Waals surface area contributed by atoms with Crippen LogP contribution in [0.4, 0.5) is 0 Å². The summed E-state index contributed by atoms with van der Waals surface area (Å²) < 4.78 is 1.19. The van der Waals surface area contributed by atoms with Crippen molar-refractivity contribution in [2.45, 2.75) is 18.9 Å². The van der Waals surface area contributed by atoms with Crippen LogP contribution in [0.15, 0.2) is 0 Å². The second-order valence-electron chi connectivity index (χ2n) is 2.80. The van der Waals surface area contributed by atoms with E-state index in [0.29, 0.717) is 0 Å². The van der Waals surface area contributed by atoms with Crippen LogP contribution in [0.2, 0.25) is 0 Å². The first-order valence-corrected chi connectivity index (χ1v) is 5.35. The van der Waals surface area contributed by atoms with E-state index in [1.165, 1.54) is 30.5 Å². The Labute approximate surface area is 76.5 Å². The summed E-state index contributed by atoms with van der Waals surface area (Å²) >= 11 is 2.43. The van der Waals surface area contributed by atoms with Crippen LogP contribution in [-0.2, 0) is 0 Å². The van der Waals surface area contributed by atoms with Gasteiger partial charge < -0.3 is 5.32 Å². The minimum absolute atomic E-state index is 0.777. The van der Waals surface area contributed by atoms with Gasteiger partial charge in [-0.1, -0.05) is 22.6 Å². The van der Waals surface area contributed by atoms with Crippen LogP contribution in [0, 0.1) is 0 Å². The summed E-state index contributed by atoms with van der Waals surface area (Å²) in [5.74, 6) is 0. The summed E-state index contributed by atoms with van der Waals surface area (Å²) in [6, 6.07) is 0.777. The van der Waals surface area contributed by atoms with Gasteiger partial charge in [-0.3, -0.25) is 4.90 Å². The van der Waals surface area contributed by atoms with Gasteiger partial charge in [0.15, 0.2) is 0 Å². The lowest BCUT2D eigenvalue weighted by Crippen LogP contribution is -2.40. The number of nitrogens with zero attached hydrogens (tertiary/aromatic N) is 1. The molecule has 1 saturated heterocycles. The highest BCUT2D eigenvalue weighted by molar-refractivity contribution is 14.1. The number of likely N-dealkylation sites (tertiary alicyclic amines) is 1. The van der Waals surface area contributed by atoms with Crippen molar-refractivity contribution >= 4 is 22.6 Å². The molecule has 0 saturated carbocycles. The van der Waals surface area contributed by atoms with Gasteiger partial charge in [0.05, 0.1) is 4.55 Å². The first kappa shape index (κ1) is 8.74. The highest BCUT2D eigenvalue weighted by Crippen LogP contribution is 2.10. The molecule has 1 aliphatic heterocycles. The topological polar surface area (TPSA) is 15.3 Å². The fourth-order valence-corrected chi connectivity index (χ4v) is 2.02. The molecule has 0 atom stereocenters. The zero-order chi connectivity index (χ0) is 7.40. The highest BCUT2D eigenvalue weighted by atomic mass is 127. The predicted octanol–water partition coefficient (Wildman–Crippen LogP) is 1.06. The van der Waals surface area contributed by atoms with Crippen molar-refractivity contribution in [1.29, 1.82) is 0 Å². The van der Waals surface area contributed by atoms with E-state index in [-0.39, 0.29) is 0 Å². The molecule has 60 valence electrons. The van der Waals surface area contributed by atoms with E-state index in [1.54, 1.807) is 0 Å². The Morgan fingerprint density at radius 2 is 2.10 bits per heavy atom. The Bertz CT molecular complexity index is 77.6. The number of alkyl halides is 1. The molecule has 0 aliphatic carbocycles. The number of hydrogen-bond donors (Lipinski definition) is 1. The molecule has 0 radical (unpaired) electrons. The van der Waals surface area contributed by atoms with E-state index in [1.807, 2.05) is 0 Å². The smallest absolute Gasteiger partial charge is 0.0505 e. The lowest BCUT2D eigenvalue weighted by Gasteiger charge is -2.29. The quantitative estimate of drug-likeness (QED) is 0.450. The van der Waals surface area contributed by atoms with Crippen LogP contribution in [0.5, 0.6) is 0 Å². The maximum atomic E-state index is 3.32. The normalized spacial score (nSPS) is 23.4. The Morgan fingerprint density at radius 1 is 1.50 bits per heavy atom. The zero-order valence-corrected chi connectivity index (χ0v) is 8.60. The Kier molecular flexibility index (Phi) is 3.95. The van der Waals surface area contributed by atoms with Gasteiger partial charge >= 0.3 is 0 Å². The monoisotopic (exact) mass is 254 g/mol. The summed E-state index contributed by atoms with van der Waals surface area (Å²) in [4.78, 5) is 2.49. The first-order chi connectivity index (χ1) is 4.86. The summed E-state index contributed by atoms with van der Waals surface area (Å²) in [5, 5.41) is 3.32. The van der Waals surface area contributed by atoms with E-state index >= 15 is 0 Å². The summed E-state index contributed by atoms with van der Waals surface area (Å²) in [7, 11) is 2.06. The number of nitrogens with one attached hydrogen (secondary N) is 1. The molecule has 0 amide bonds. The second kappa shape index (κ2) is 4.51. The van der Waals surface area contributed by atoms with Crippen LogP contribution < -0.4 is 5.32 Å². The van der Waals surface area contributed by atoms with Crippen LogP contribution in [0.1, 0.15) is 12.8 Å². The largest absolute Gasteiger partial charge is 0.317 e. The van der Waals surface area contributed by atoms with Gasteiger partial charge in [-0.25, -0.2) is 0 Å². The standard InChI is InChI=1S/C7H15IN2/c1-9-7-2-4-10(6-8)5-3-7/h7,9H,2-6H2,1H3. The molecule has 2 nitrogen and oxygen atoms in total. The van der Waals surface area contributed by atoms with Crippen molar-refractivity contribution < 1.29 is 0 Å². The maximum absolute atomic E-state index is 3.32. The average Bonchev–Trinajstić information content (AvgIpc) is 2.05. The first-order valence-electron chi connectivity index (χ1n) is 3.82. The van der Waals surface area contributed by atoms with Crippen molar-refractivity contribution in [3.63, 3.8) is 0 Å². The molecule has 1 N–H and O–H groups in total. The lowest BCUT2D eigenvalue weighted by molar-refractivity contribution is 0.236. The molecule has 1 heterocycles. The molecule has 0 unspecified atom stereocenters. The molecule has 10 heavy (non-hydrogen) atoms. The van der Waals surface area contributed by atoms with E-state index in [4.69, 9.17) is 0 Å². The number of rotatable bonds is 2. The van der Waals surface area contributed by atoms with Crippen molar-refractivity contribution in [2.75, 3.05) is 24.7 Å². The highest BCUT2D eigenvalue weighted by Gasteiger charge is 2.15. The van der Waals surface area contributed by atoms with Crippen LogP contribution in [0.25, 0.3) is 0 Å². The van der Waals surface area contributed by atoms with Gasteiger partial charge in [-0.15, -0.1) is 0 Å². The van der Waals surface area contributed by atoms with Crippen LogP contribution in [-0.4, -0.2) is 35.6 Å². The van der Waals surface area contributed by atoms with Gasteiger partial charge in [0.2, 0.25) is 0 Å². The van der Waals surface area contributed by atoms with E-state index in [2.05, 4.69) is 39.9 Å². The maximum Gasteiger partial charge on any atom is 0.0505 e. The predicted molar refractivity (Wildman–Crippen MR) is 52.5 cm³/mol. The third-order valence-electron chi connectivity index (χ3n) is 2.16. The number of piperidine rings is 1. The molecule has 1 aliphatic rings. The fraction of sp³-hybridized carbons (Fsp3) is 1.00. The average molecular weight is 254 g/mol. The minimum atomic E-state index is 0.777. The molecule has 1 rings (SSSR count). The summed E-state index contributed by atoms with van der Waals surface area (Å²) in [6.07, 6.45) is 2.64. The van der Waals surface area contributed by atoms with Crippen molar-refractivity contribution in [3.8, 4) is 0 Å². The molecule has 1 fully saturated rings. The van der Waals surface area contributed by atoms with Crippen LogP contribution in [0.3, 0.4) is 0 Å². The van der Waals surface area contributed by atoms with Crippen molar-refractivity contribution in [3.05, 3.63) is 0 Å². The SMILES string of the molecule is CNC1CCN(CI)CC1. The number of halogens is 1. The minimum Gasteiger partial charge on any atom is -0.317 e. The number of hydrogen-bond acceptors (Lipinski definition) is 2. The van der Waals surface area contributed by atoms with Gasteiger partial charge in [-0.05, 0) is 19.9 Å². The molecule has 0 aromatic rings. The second-order valence-corrected chi connectivity index (χ2v) is 3.48.